The fourth-order valence-electron chi connectivity index (χ4n) is 3.55. The Balaban J connectivity index is 1.78. The molecule has 0 saturated carbocycles. The van der Waals surface area contributed by atoms with Crippen molar-refractivity contribution in [1.29, 1.82) is 0 Å². The molecule has 1 N–H and O–H groups in total. The van der Waals surface area contributed by atoms with Crippen LogP contribution in [0.25, 0.3) is 11.3 Å². The molecule has 1 unspecified atom stereocenters. The molecule has 1 saturated heterocycles. The monoisotopic (exact) mass is 322 g/mol. The number of carbonyl (C=O) groups is 1. The van der Waals surface area contributed by atoms with E-state index in [0.717, 1.165) is 48.7 Å². The van der Waals surface area contributed by atoms with Crippen molar-refractivity contribution in [3.63, 3.8) is 0 Å². The summed E-state index contributed by atoms with van der Waals surface area (Å²) >= 11 is 0. The lowest BCUT2D eigenvalue weighted by Gasteiger charge is -2.39. The van der Waals surface area contributed by atoms with Crippen molar-refractivity contribution in [3.8, 4) is 11.3 Å². The van der Waals surface area contributed by atoms with Crippen LogP contribution in [0.1, 0.15) is 37.9 Å². The predicted molar refractivity (Wildman–Crippen MR) is 95.2 cm³/mol. The highest BCUT2D eigenvalue weighted by Gasteiger charge is 2.29. The van der Waals surface area contributed by atoms with Crippen molar-refractivity contribution in [1.82, 2.24) is 9.97 Å². The number of carbonyl (C=O) groups excluding carboxylic acids is 1. The maximum atomic E-state index is 11.3. The summed E-state index contributed by atoms with van der Waals surface area (Å²) < 4.78 is 0. The summed E-state index contributed by atoms with van der Waals surface area (Å²) in [7, 11) is 0. The fraction of sp³-hybridized carbons (Fsp3) is 0.421. The maximum absolute atomic E-state index is 11.3. The Kier molecular flexibility index (Phi) is 3.71. The van der Waals surface area contributed by atoms with Gasteiger partial charge in [-0.05, 0) is 44.7 Å². The average Bonchev–Trinajstić information content (AvgIpc) is 3.00. The zero-order chi connectivity index (χ0) is 16.7. The summed E-state index contributed by atoms with van der Waals surface area (Å²) in [6.07, 6.45) is 4.41. The summed E-state index contributed by atoms with van der Waals surface area (Å²) in [5.41, 5.74) is 5.35. The zero-order valence-corrected chi connectivity index (χ0v) is 14.2. The van der Waals surface area contributed by atoms with Gasteiger partial charge in [0.25, 0.3) is 0 Å². The van der Waals surface area contributed by atoms with Crippen molar-refractivity contribution < 1.29 is 4.79 Å². The first-order chi connectivity index (χ1) is 11.6. The zero-order valence-electron chi connectivity index (χ0n) is 14.2. The number of aryl methyl sites for hydroxylation is 1. The van der Waals surface area contributed by atoms with E-state index in [1.54, 1.807) is 0 Å². The van der Waals surface area contributed by atoms with Crippen molar-refractivity contribution in [2.75, 3.05) is 16.8 Å². The molecule has 0 radical (unpaired) electrons. The van der Waals surface area contributed by atoms with Crippen LogP contribution in [-0.2, 0) is 17.6 Å². The van der Waals surface area contributed by atoms with Gasteiger partial charge in [-0.25, -0.2) is 9.97 Å². The number of nitrogens with zero attached hydrogens (tertiary/aromatic N) is 3. The molecular weight excluding hydrogens is 300 g/mol. The first-order valence-corrected chi connectivity index (χ1v) is 8.66. The second-order valence-corrected chi connectivity index (χ2v) is 6.74. The Morgan fingerprint density at radius 1 is 1.29 bits per heavy atom. The van der Waals surface area contributed by atoms with Gasteiger partial charge in [-0.3, -0.25) is 4.79 Å². The third kappa shape index (κ3) is 2.64. The Hall–Kier alpha value is -2.43. The molecule has 1 atom stereocenters. The van der Waals surface area contributed by atoms with Gasteiger partial charge < -0.3 is 10.2 Å². The maximum Gasteiger partial charge on any atom is 0.226 e. The molecule has 1 aliphatic heterocycles. The highest BCUT2D eigenvalue weighted by Crippen LogP contribution is 2.34. The van der Waals surface area contributed by atoms with Crippen LogP contribution in [0.3, 0.4) is 0 Å². The summed E-state index contributed by atoms with van der Waals surface area (Å²) in [4.78, 5) is 23.3. The van der Waals surface area contributed by atoms with Gasteiger partial charge in [-0.15, -0.1) is 0 Å². The number of nitrogens with one attached hydrogen (secondary N) is 1. The highest BCUT2D eigenvalue weighted by molar-refractivity contribution is 5.89. The largest absolute Gasteiger partial charge is 0.338 e. The molecule has 24 heavy (non-hydrogen) atoms. The van der Waals surface area contributed by atoms with Crippen LogP contribution in [0.15, 0.2) is 24.3 Å². The van der Waals surface area contributed by atoms with E-state index < -0.39 is 0 Å². The SMILES string of the molecule is CC(=O)Nc1cccc(-c2nc(N3CCC3C)nc3c2CCC3)c1. The van der Waals surface area contributed by atoms with Crippen LogP contribution in [-0.4, -0.2) is 28.5 Å². The number of rotatable bonds is 3. The molecule has 124 valence electrons. The Morgan fingerprint density at radius 3 is 2.88 bits per heavy atom. The van der Waals surface area contributed by atoms with Crippen LogP contribution in [0.4, 0.5) is 11.6 Å². The average molecular weight is 322 g/mol. The Bertz CT molecular complexity index is 802. The second kappa shape index (κ2) is 5.89. The van der Waals surface area contributed by atoms with Crippen molar-refractivity contribution in [2.24, 2.45) is 0 Å². The highest BCUT2D eigenvalue weighted by atomic mass is 16.1. The lowest BCUT2D eigenvalue weighted by molar-refractivity contribution is -0.114. The van der Waals surface area contributed by atoms with Gasteiger partial charge in [0.05, 0.1) is 5.69 Å². The summed E-state index contributed by atoms with van der Waals surface area (Å²) in [6, 6.07) is 8.46. The smallest absolute Gasteiger partial charge is 0.226 e. The molecule has 0 bridgehead atoms. The molecule has 1 amide bonds. The predicted octanol–water partition coefficient (Wildman–Crippen LogP) is 3.19. The molecule has 5 nitrogen and oxygen atoms in total. The van der Waals surface area contributed by atoms with Crippen molar-refractivity contribution in [2.45, 2.75) is 45.6 Å². The van der Waals surface area contributed by atoms with Crippen LogP contribution in [0, 0.1) is 0 Å². The molecule has 1 fully saturated rings. The number of aromatic nitrogens is 2. The van der Waals surface area contributed by atoms with Gasteiger partial charge in [0, 0.05) is 42.0 Å². The normalized spacial score (nSPS) is 18.9. The first kappa shape index (κ1) is 15.1. The number of benzene rings is 1. The number of fused-ring (bicyclic) bond motifs is 1. The van der Waals surface area contributed by atoms with Crippen LogP contribution < -0.4 is 10.2 Å². The number of hydrogen-bond donors (Lipinski definition) is 1. The topological polar surface area (TPSA) is 58.1 Å². The summed E-state index contributed by atoms with van der Waals surface area (Å²) in [5, 5.41) is 2.86. The van der Waals surface area contributed by atoms with Gasteiger partial charge in [0.2, 0.25) is 11.9 Å². The molecule has 4 rings (SSSR count). The van der Waals surface area contributed by atoms with Crippen molar-refractivity contribution >= 4 is 17.5 Å². The van der Waals surface area contributed by atoms with E-state index in [9.17, 15) is 4.79 Å². The van der Waals surface area contributed by atoms with E-state index in [0.29, 0.717) is 6.04 Å². The fourth-order valence-corrected chi connectivity index (χ4v) is 3.55. The quantitative estimate of drug-likeness (QED) is 0.943. The molecular formula is C19H22N4O. The van der Waals surface area contributed by atoms with Gasteiger partial charge in [0.1, 0.15) is 0 Å². The molecule has 2 aromatic rings. The second-order valence-electron chi connectivity index (χ2n) is 6.74. The van der Waals surface area contributed by atoms with E-state index in [-0.39, 0.29) is 5.91 Å². The lowest BCUT2D eigenvalue weighted by Crippen LogP contribution is -2.46. The van der Waals surface area contributed by atoms with E-state index >= 15 is 0 Å². The molecule has 1 aliphatic carbocycles. The number of hydrogen-bond acceptors (Lipinski definition) is 4. The molecule has 0 spiro atoms. The molecule has 1 aromatic carbocycles. The van der Waals surface area contributed by atoms with Crippen molar-refractivity contribution in [3.05, 3.63) is 35.5 Å². The Morgan fingerprint density at radius 2 is 2.17 bits per heavy atom. The molecule has 2 heterocycles. The van der Waals surface area contributed by atoms with Crippen LogP contribution in [0.5, 0.6) is 0 Å². The summed E-state index contributed by atoms with van der Waals surface area (Å²) in [6.45, 7) is 4.78. The minimum Gasteiger partial charge on any atom is -0.338 e. The van der Waals surface area contributed by atoms with Gasteiger partial charge >= 0.3 is 0 Å². The Labute approximate surface area is 142 Å². The third-order valence-electron chi connectivity index (χ3n) is 4.95. The first-order valence-electron chi connectivity index (χ1n) is 8.66. The van der Waals surface area contributed by atoms with Gasteiger partial charge in [0.15, 0.2) is 0 Å². The molecule has 1 aromatic heterocycles. The van der Waals surface area contributed by atoms with E-state index in [1.807, 2.05) is 18.2 Å². The van der Waals surface area contributed by atoms with E-state index in [1.165, 1.54) is 24.6 Å². The van der Waals surface area contributed by atoms with E-state index in [4.69, 9.17) is 9.97 Å². The van der Waals surface area contributed by atoms with E-state index in [2.05, 4.69) is 23.2 Å². The van der Waals surface area contributed by atoms with Crippen LogP contribution in [0.2, 0.25) is 0 Å². The molecule has 5 heteroatoms. The van der Waals surface area contributed by atoms with Gasteiger partial charge in [-0.2, -0.15) is 0 Å². The third-order valence-corrected chi connectivity index (χ3v) is 4.95. The minimum atomic E-state index is -0.0600. The minimum absolute atomic E-state index is 0.0600. The number of amides is 1. The van der Waals surface area contributed by atoms with Gasteiger partial charge in [-0.1, -0.05) is 12.1 Å². The van der Waals surface area contributed by atoms with Crippen LogP contribution >= 0.6 is 0 Å². The molecule has 2 aliphatic rings. The lowest BCUT2D eigenvalue weighted by atomic mass is 10.0. The standard InChI is InChI=1S/C19H22N4O/c1-12-9-10-23(12)19-21-17-8-4-7-16(17)18(22-19)14-5-3-6-15(11-14)20-13(2)24/h3,5-6,11-12H,4,7-10H2,1-2H3,(H,20,24). The summed E-state index contributed by atoms with van der Waals surface area (Å²) in [5.74, 6) is 0.796. The number of anilines is 2.